The van der Waals surface area contributed by atoms with Crippen molar-refractivity contribution in [1.82, 2.24) is 9.97 Å². The highest BCUT2D eigenvalue weighted by molar-refractivity contribution is 5.86. The summed E-state index contributed by atoms with van der Waals surface area (Å²) in [6.07, 6.45) is 0. The first kappa shape index (κ1) is 13.0. The Morgan fingerprint density at radius 3 is 1.45 bits per heavy atom. The molecule has 0 N–H and O–H groups in total. The standard InChI is InChI=1S/C20H16N2/c1-13-11-15-7-3-5-9-17(15)21-19(13)20-14(2)12-16-8-4-6-10-18(16)22-20/h3-12H,1-2H3. The Labute approximate surface area is 129 Å². The maximum Gasteiger partial charge on any atom is 0.0926 e. The zero-order chi connectivity index (χ0) is 15.1. The number of hydrogen-bond donors (Lipinski definition) is 0. The lowest BCUT2D eigenvalue weighted by Crippen LogP contribution is -1.96. The third-order valence-corrected chi connectivity index (χ3v) is 4.05. The Morgan fingerprint density at radius 1 is 0.591 bits per heavy atom. The molecular weight excluding hydrogens is 268 g/mol. The Balaban J connectivity index is 2.02. The summed E-state index contributed by atoms with van der Waals surface area (Å²) in [7, 11) is 0. The van der Waals surface area contributed by atoms with Crippen LogP contribution in [0, 0.1) is 13.8 Å². The summed E-state index contributed by atoms with van der Waals surface area (Å²) in [6.45, 7) is 4.20. The summed E-state index contributed by atoms with van der Waals surface area (Å²) in [5.74, 6) is 0. The number of fused-ring (bicyclic) bond motifs is 2. The lowest BCUT2D eigenvalue weighted by molar-refractivity contribution is 1.24. The highest BCUT2D eigenvalue weighted by atomic mass is 14.8. The summed E-state index contributed by atoms with van der Waals surface area (Å²) in [4.78, 5) is 9.70. The molecule has 0 saturated heterocycles. The molecule has 0 unspecified atom stereocenters. The van der Waals surface area contributed by atoms with Gasteiger partial charge in [0.15, 0.2) is 0 Å². The maximum absolute atomic E-state index is 4.85. The Kier molecular flexibility index (Phi) is 2.90. The van der Waals surface area contributed by atoms with Crippen LogP contribution in [0.15, 0.2) is 60.7 Å². The number of benzene rings is 2. The van der Waals surface area contributed by atoms with E-state index in [-0.39, 0.29) is 0 Å². The fourth-order valence-corrected chi connectivity index (χ4v) is 2.92. The molecule has 0 bridgehead atoms. The molecule has 0 atom stereocenters. The maximum atomic E-state index is 4.85. The van der Waals surface area contributed by atoms with Crippen LogP contribution in [0.4, 0.5) is 0 Å². The second-order valence-corrected chi connectivity index (χ2v) is 5.69. The highest BCUT2D eigenvalue weighted by Crippen LogP contribution is 2.28. The normalized spacial score (nSPS) is 11.2. The molecule has 0 aliphatic rings. The molecule has 0 aliphatic heterocycles. The Hall–Kier alpha value is -2.74. The average molecular weight is 284 g/mol. The Bertz CT molecular complexity index is 920. The first-order valence-corrected chi connectivity index (χ1v) is 7.45. The van der Waals surface area contributed by atoms with E-state index in [0.717, 1.165) is 33.5 Å². The van der Waals surface area contributed by atoms with E-state index in [2.05, 4.69) is 50.2 Å². The van der Waals surface area contributed by atoms with E-state index >= 15 is 0 Å². The fourth-order valence-electron chi connectivity index (χ4n) is 2.92. The van der Waals surface area contributed by atoms with Gasteiger partial charge in [-0.25, -0.2) is 9.97 Å². The third-order valence-electron chi connectivity index (χ3n) is 4.05. The summed E-state index contributed by atoms with van der Waals surface area (Å²) in [6, 6.07) is 20.8. The van der Waals surface area contributed by atoms with Gasteiger partial charge in [0.1, 0.15) is 0 Å². The van der Waals surface area contributed by atoms with Crippen LogP contribution in [0.2, 0.25) is 0 Å². The Morgan fingerprint density at radius 2 is 1.00 bits per heavy atom. The molecule has 0 saturated carbocycles. The fraction of sp³-hybridized carbons (Fsp3) is 0.100. The molecule has 2 heteroatoms. The van der Waals surface area contributed by atoms with Gasteiger partial charge in [-0.3, -0.25) is 0 Å². The van der Waals surface area contributed by atoms with Crippen LogP contribution in [0.5, 0.6) is 0 Å². The zero-order valence-corrected chi connectivity index (χ0v) is 12.7. The molecular formula is C20H16N2. The van der Waals surface area contributed by atoms with Crippen molar-refractivity contribution in [1.29, 1.82) is 0 Å². The summed E-state index contributed by atoms with van der Waals surface area (Å²) in [5, 5.41) is 2.34. The quantitative estimate of drug-likeness (QED) is 0.488. The molecule has 0 fully saturated rings. The molecule has 2 aromatic heterocycles. The zero-order valence-electron chi connectivity index (χ0n) is 12.7. The van der Waals surface area contributed by atoms with Crippen molar-refractivity contribution in [2.45, 2.75) is 13.8 Å². The molecule has 2 nitrogen and oxygen atoms in total. The highest BCUT2D eigenvalue weighted by Gasteiger charge is 2.11. The number of aryl methyl sites for hydroxylation is 2. The van der Waals surface area contributed by atoms with Gasteiger partial charge in [0.25, 0.3) is 0 Å². The molecule has 4 aromatic rings. The molecule has 0 amide bonds. The molecule has 0 aliphatic carbocycles. The van der Waals surface area contributed by atoms with Crippen molar-refractivity contribution in [3.8, 4) is 11.4 Å². The van der Waals surface area contributed by atoms with Crippen LogP contribution in [0.25, 0.3) is 33.2 Å². The van der Waals surface area contributed by atoms with E-state index in [1.54, 1.807) is 0 Å². The van der Waals surface area contributed by atoms with Crippen LogP contribution in [-0.2, 0) is 0 Å². The van der Waals surface area contributed by atoms with Gasteiger partial charge in [-0.05, 0) is 49.2 Å². The number of nitrogens with zero attached hydrogens (tertiary/aromatic N) is 2. The second kappa shape index (κ2) is 4.92. The van der Waals surface area contributed by atoms with E-state index < -0.39 is 0 Å². The van der Waals surface area contributed by atoms with E-state index in [0.29, 0.717) is 0 Å². The molecule has 106 valence electrons. The molecule has 0 spiro atoms. The minimum absolute atomic E-state index is 0.974. The predicted octanol–water partition coefficient (Wildman–Crippen LogP) is 5.07. The summed E-state index contributed by atoms with van der Waals surface area (Å²) < 4.78 is 0. The van der Waals surface area contributed by atoms with Crippen molar-refractivity contribution < 1.29 is 0 Å². The monoisotopic (exact) mass is 284 g/mol. The topological polar surface area (TPSA) is 25.8 Å². The number of hydrogen-bond acceptors (Lipinski definition) is 2. The van der Waals surface area contributed by atoms with Crippen molar-refractivity contribution in [3.05, 3.63) is 71.8 Å². The van der Waals surface area contributed by atoms with Crippen molar-refractivity contribution in [3.63, 3.8) is 0 Å². The molecule has 0 radical (unpaired) electrons. The lowest BCUT2D eigenvalue weighted by Gasteiger charge is -2.10. The van der Waals surface area contributed by atoms with E-state index in [4.69, 9.17) is 9.97 Å². The van der Waals surface area contributed by atoms with Gasteiger partial charge in [0, 0.05) is 10.8 Å². The van der Waals surface area contributed by atoms with Gasteiger partial charge in [0.2, 0.25) is 0 Å². The van der Waals surface area contributed by atoms with Gasteiger partial charge in [-0.1, -0.05) is 36.4 Å². The molecule has 2 aromatic carbocycles. The van der Waals surface area contributed by atoms with Gasteiger partial charge in [-0.2, -0.15) is 0 Å². The van der Waals surface area contributed by atoms with E-state index in [9.17, 15) is 0 Å². The molecule has 4 rings (SSSR count). The number of pyridine rings is 2. The lowest BCUT2D eigenvalue weighted by atomic mass is 10.0. The molecule has 22 heavy (non-hydrogen) atoms. The first-order valence-electron chi connectivity index (χ1n) is 7.45. The van der Waals surface area contributed by atoms with Crippen LogP contribution in [0.1, 0.15) is 11.1 Å². The minimum Gasteiger partial charge on any atom is -0.246 e. The third kappa shape index (κ3) is 2.04. The van der Waals surface area contributed by atoms with Gasteiger partial charge in [-0.15, -0.1) is 0 Å². The smallest absolute Gasteiger partial charge is 0.0926 e. The number of rotatable bonds is 1. The van der Waals surface area contributed by atoms with Gasteiger partial charge in [0.05, 0.1) is 22.4 Å². The minimum atomic E-state index is 0.974. The largest absolute Gasteiger partial charge is 0.246 e. The summed E-state index contributed by atoms with van der Waals surface area (Å²) >= 11 is 0. The predicted molar refractivity (Wildman–Crippen MR) is 92.0 cm³/mol. The SMILES string of the molecule is Cc1cc2ccccc2nc1-c1nc2ccccc2cc1C. The van der Waals surface area contributed by atoms with E-state index in [1.165, 1.54) is 10.8 Å². The van der Waals surface area contributed by atoms with Crippen LogP contribution < -0.4 is 0 Å². The van der Waals surface area contributed by atoms with Crippen molar-refractivity contribution in [2.75, 3.05) is 0 Å². The van der Waals surface area contributed by atoms with Crippen LogP contribution in [-0.4, -0.2) is 9.97 Å². The van der Waals surface area contributed by atoms with Crippen LogP contribution in [0.3, 0.4) is 0 Å². The first-order chi connectivity index (χ1) is 10.7. The average Bonchev–Trinajstić information content (AvgIpc) is 2.54. The number of aromatic nitrogens is 2. The van der Waals surface area contributed by atoms with Crippen LogP contribution >= 0.6 is 0 Å². The van der Waals surface area contributed by atoms with E-state index in [1.807, 2.05) is 24.3 Å². The molecule has 2 heterocycles. The summed E-state index contributed by atoms with van der Waals surface area (Å²) in [5.41, 5.74) is 6.29. The van der Waals surface area contributed by atoms with Gasteiger partial charge >= 0.3 is 0 Å². The van der Waals surface area contributed by atoms with Gasteiger partial charge < -0.3 is 0 Å². The second-order valence-electron chi connectivity index (χ2n) is 5.69. The van der Waals surface area contributed by atoms with Crippen molar-refractivity contribution in [2.24, 2.45) is 0 Å². The van der Waals surface area contributed by atoms with Crippen molar-refractivity contribution >= 4 is 21.8 Å². The number of para-hydroxylation sites is 2.